The monoisotopic (exact) mass is 361 g/mol. The highest BCUT2D eigenvalue weighted by atomic mass is 16.5. The van der Waals surface area contributed by atoms with Crippen molar-refractivity contribution in [2.75, 3.05) is 13.7 Å². The molecule has 6 nitrogen and oxygen atoms in total. The van der Waals surface area contributed by atoms with Crippen LogP contribution >= 0.6 is 0 Å². The van der Waals surface area contributed by atoms with Crippen molar-refractivity contribution < 1.29 is 14.3 Å². The minimum Gasteiger partial charge on any atom is -0.497 e. The SMILES string of the molecule is CCC(NC(=O)NC(C)C(=O)N1CCCCC1C)c1ccc(OC)cc1. The smallest absolute Gasteiger partial charge is 0.315 e. The lowest BCUT2D eigenvalue weighted by molar-refractivity contribution is -0.136. The van der Waals surface area contributed by atoms with Gasteiger partial charge in [0, 0.05) is 12.6 Å². The molecule has 2 N–H and O–H groups in total. The molecule has 1 aromatic rings. The van der Waals surface area contributed by atoms with Gasteiger partial charge in [0.2, 0.25) is 5.91 Å². The van der Waals surface area contributed by atoms with E-state index < -0.39 is 6.04 Å². The lowest BCUT2D eigenvalue weighted by atomic mass is 10.0. The van der Waals surface area contributed by atoms with Crippen LogP contribution in [0, 0.1) is 0 Å². The lowest BCUT2D eigenvalue weighted by Gasteiger charge is -2.35. The lowest BCUT2D eigenvalue weighted by Crippen LogP contribution is -2.53. The Bertz CT molecular complexity index is 603. The van der Waals surface area contributed by atoms with Crippen LogP contribution in [0.25, 0.3) is 0 Å². The molecule has 0 radical (unpaired) electrons. The maximum absolute atomic E-state index is 12.6. The number of rotatable bonds is 6. The number of benzene rings is 1. The summed E-state index contributed by atoms with van der Waals surface area (Å²) in [5, 5.41) is 5.75. The van der Waals surface area contributed by atoms with Gasteiger partial charge in [0.1, 0.15) is 11.8 Å². The first kappa shape index (κ1) is 20.1. The summed E-state index contributed by atoms with van der Waals surface area (Å²) in [6.07, 6.45) is 3.98. The van der Waals surface area contributed by atoms with Crippen LogP contribution in [0.3, 0.4) is 0 Å². The highest BCUT2D eigenvalue weighted by molar-refractivity contribution is 5.87. The zero-order valence-electron chi connectivity index (χ0n) is 16.2. The number of urea groups is 1. The van der Waals surface area contributed by atoms with Crippen molar-refractivity contribution in [1.29, 1.82) is 0 Å². The molecule has 26 heavy (non-hydrogen) atoms. The summed E-state index contributed by atoms with van der Waals surface area (Å²) in [6, 6.07) is 6.91. The molecule has 0 spiro atoms. The Morgan fingerprint density at radius 2 is 1.92 bits per heavy atom. The Kier molecular flexibility index (Phi) is 7.30. The molecule has 1 heterocycles. The number of ether oxygens (including phenoxy) is 1. The summed E-state index contributed by atoms with van der Waals surface area (Å²) in [7, 11) is 1.62. The van der Waals surface area contributed by atoms with Gasteiger partial charge in [-0.1, -0.05) is 19.1 Å². The Morgan fingerprint density at radius 1 is 1.23 bits per heavy atom. The average Bonchev–Trinajstić information content (AvgIpc) is 2.66. The van der Waals surface area contributed by atoms with Crippen molar-refractivity contribution in [1.82, 2.24) is 15.5 Å². The van der Waals surface area contributed by atoms with E-state index in [9.17, 15) is 9.59 Å². The van der Waals surface area contributed by atoms with Crippen LogP contribution < -0.4 is 15.4 Å². The van der Waals surface area contributed by atoms with Crippen molar-refractivity contribution in [2.24, 2.45) is 0 Å². The molecule has 1 saturated heterocycles. The van der Waals surface area contributed by atoms with Gasteiger partial charge in [0.15, 0.2) is 0 Å². The van der Waals surface area contributed by atoms with E-state index in [0.29, 0.717) is 0 Å². The topological polar surface area (TPSA) is 70.7 Å². The summed E-state index contributed by atoms with van der Waals surface area (Å²) in [4.78, 5) is 26.9. The van der Waals surface area contributed by atoms with Crippen LogP contribution in [0.15, 0.2) is 24.3 Å². The number of hydrogen-bond acceptors (Lipinski definition) is 3. The van der Waals surface area contributed by atoms with Crippen LogP contribution in [0.1, 0.15) is 58.1 Å². The number of nitrogens with one attached hydrogen (secondary N) is 2. The van der Waals surface area contributed by atoms with Gasteiger partial charge in [0.25, 0.3) is 0 Å². The second-order valence-electron chi connectivity index (χ2n) is 6.95. The molecule has 0 saturated carbocycles. The van der Waals surface area contributed by atoms with Crippen molar-refractivity contribution in [3.8, 4) is 5.75 Å². The molecule has 6 heteroatoms. The molecule has 1 aliphatic rings. The number of methoxy groups -OCH3 is 1. The second-order valence-corrected chi connectivity index (χ2v) is 6.95. The van der Waals surface area contributed by atoms with Gasteiger partial charge in [-0.2, -0.15) is 0 Å². The van der Waals surface area contributed by atoms with Gasteiger partial charge in [-0.25, -0.2) is 4.79 Å². The normalized spacial score (nSPS) is 19.4. The Labute approximate surface area is 156 Å². The third-order valence-corrected chi connectivity index (χ3v) is 5.04. The standard InChI is InChI=1S/C20H31N3O3/c1-5-18(16-9-11-17(26-4)12-10-16)22-20(25)21-15(3)19(24)23-13-7-6-8-14(23)2/h9-12,14-15,18H,5-8,13H2,1-4H3,(H2,21,22,25). The quantitative estimate of drug-likeness (QED) is 0.817. The first-order valence-corrected chi connectivity index (χ1v) is 9.47. The maximum atomic E-state index is 12.6. The fraction of sp³-hybridized carbons (Fsp3) is 0.600. The average molecular weight is 361 g/mol. The highest BCUT2D eigenvalue weighted by Crippen LogP contribution is 2.20. The summed E-state index contributed by atoms with van der Waals surface area (Å²) in [5.41, 5.74) is 1.01. The minimum absolute atomic E-state index is 0.00940. The maximum Gasteiger partial charge on any atom is 0.315 e. The van der Waals surface area contributed by atoms with Crippen molar-refractivity contribution >= 4 is 11.9 Å². The predicted octanol–water partition coefficient (Wildman–Crippen LogP) is 3.24. The van der Waals surface area contributed by atoms with Crippen LogP contribution in [-0.4, -0.2) is 42.6 Å². The number of carbonyl (C=O) groups is 2. The van der Waals surface area contributed by atoms with E-state index in [0.717, 1.165) is 43.5 Å². The molecule has 0 bridgehead atoms. The number of nitrogens with zero attached hydrogens (tertiary/aromatic N) is 1. The summed E-state index contributed by atoms with van der Waals surface area (Å²) in [6.45, 7) is 6.61. The minimum atomic E-state index is -0.538. The molecule has 144 valence electrons. The van der Waals surface area contributed by atoms with Gasteiger partial charge in [-0.05, 0) is 57.2 Å². The van der Waals surface area contributed by atoms with Crippen LogP contribution in [0.4, 0.5) is 4.79 Å². The Hall–Kier alpha value is -2.24. The molecule has 1 aromatic carbocycles. The van der Waals surface area contributed by atoms with E-state index in [2.05, 4.69) is 17.6 Å². The first-order chi connectivity index (χ1) is 12.5. The van der Waals surface area contributed by atoms with E-state index in [1.807, 2.05) is 36.1 Å². The van der Waals surface area contributed by atoms with Gasteiger partial charge >= 0.3 is 6.03 Å². The van der Waals surface area contributed by atoms with E-state index in [4.69, 9.17) is 4.74 Å². The predicted molar refractivity (Wildman–Crippen MR) is 102 cm³/mol. The molecule has 3 amide bonds. The Morgan fingerprint density at radius 3 is 2.50 bits per heavy atom. The van der Waals surface area contributed by atoms with Crippen LogP contribution in [-0.2, 0) is 4.79 Å². The molecule has 3 atom stereocenters. The summed E-state index contributed by atoms with van der Waals surface area (Å²) in [5.74, 6) is 0.771. The van der Waals surface area contributed by atoms with E-state index in [1.165, 1.54) is 0 Å². The van der Waals surface area contributed by atoms with E-state index >= 15 is 0 Å². The van der Waals surface area contributed by atoms with E-state index in [-0.39, 0.29) is 24.0 Å². The number of carbonyl (C=O) groups excluding carboxylic acids is 2. The molecular weight excluding hydrogens is 330 g/mol. The third-order valence-electron chi connectivity index (χ3n) is 5.04. The van der Waals surface area contributed by atoms with Crippen molar-refractivity contribution in [3.05, 3.63) is 29.8 Å². The fourth-order valence-corrected chi connectivity index (χ4v) is 3.39. The summed E-state index contributed by atoms with van der Waals surface area (Å²) < 4.78 is 5.17. The zero-order chi connectivity index (χ0) is 19.1. The van der Waals surface area contributed by atoms with Crippen molar-refractivity contribution in [2.45, 2.75) is 64.6 Å². The van der Waals surface area contributed by atoms with Crippen LogP contribution in [0.5, 0.6) is 5.75 Å². The molecule has 1 fully saturated rings. The Balaban J connectivity index is 1.91. The number of piperidine rings is 1. The number of amides is 3. The number of likely N-dealkylation sites (tertiary alicyclic amines) is 1. The molecule has 2 rings (SSSR count). The fourth-order valence-electron chi connectivity index (χ4n) is 3.39. The summed E-state index contributed by atoms with van der Waals surface area (Å²) >= 11 is 0. The molecule has 3 unspecified atom stereocenters. The first-order valence-electron chi connectivity index (χ1n) is 9.47. The molecule has 0 aliphatic carbocycles. The van der Waals surface area contributed by atoms with E-state index in [1.54, 1.807) is 14.0 Å². The van der Waals surface area contributed by atoms with Gasteiger partial charge < -0.3 is 20.3 Å². The largest absolute Gasteiger partial charge is 0.497 e. The highest BCUT2D eigenvalue weighted by Gasteiger charge is 2.28. The third kappa shape index (κ3) is 5.13. The van der Waals surface area contributed by atoms with Crippen molar-refractivity contribution in [3.63, 3.8) is 0 Å². The van der Waals surface area contributed by atoms with Gasteiger partial charge in [-0.3, -0.25) is 4.79 Å². The van der Waals surface area contributed by atoms with Gasteiger partial charge in [-0.15, -0.1) is 0 Å². The zero-order valence-corrected chi connectivity index (χ0v) is 16.2. The van der Waals surface area contributed by atoms with Crippen LogP contribution in [0.2, 0.25) is 0 Å². The molecular formula is C20H31N3O3. The number of hydrogen-bond donors (Lipinski definition) is 2. The molecule has 0 aromatic heterocycles. The molecule has 1 aliphatic heterocycles. The second kappa shape index (κ2) is 9.46. The van der Waals surface area contributed by atoms with Gasteiger partial charge in [0.05, 0.1) is 13.2 Å².